The van der Waals surface area contributed by atoms with Crippen molar-refractivity contribution in [3.63, 3.8) is 0 Å². The Morgan fingerprint density at radius 3 is 2.56 bits per heavy atom. The van der Waals surface area contributed by atoms with Gasteiger partial charge in [-0.1, -0.05) is 23.2 Å². The number of nitrogens with one attached hydrogen (secondary N) is 1. The summed E-state index contributed by atoms with van der Waals surface area (Å²) in [5, 5.41) is 6.76. The fourth-order valence-electron chi connectivity index (χ4n) is 3.02. The molecule has 1 amide bonds. The van der Waals surface area contributed by atoms with Crippen LogP contribution in [0.1, 0.15) is 31.5 Å². The Labute approximate surface area is 191 Å². The second kappa shape index (κ2) is 7.91. The summed E-state index contributed by atoms with van der Waals surface area (Å²) in [7, 11) is 1.23. The lowest BCUT2D eigenvalue weighted by Gasteiger charge is -2.09. The van der Waals surface area contributed by atoms with Gasteiger partial charge in [0.25, 0.3) is 5.91 Å². The average Bonchev–Trinajstić information content (AvgIpc) is 3.23. The fourth-order valence-corrected chi connectivity index (χ4v) is 4.73. The van der Waals surface area contributed by atoms with Crippen molar-refractivity contribution in [2.75, 3.05) is 12.4 Å². The third kappa shape index (κ3) is 3.76. The molecular weight excluding hydrogens is 492 g/mol. The summed E-state index contributed by atoms with van der Waals surface area (Å²) >= 11 is 13.4. The van der Waals surface area contributed by atoms with Gasteiger partial charge >= 0.3 is 12.1 Å². The number of halogens is 5. The third-order valence-electron chi connectivity index (χ3n) is 4.42. The number of hydrogen-bond donors (Lipinski definition) is 1. The Bertz CT molecular complexity index is 1410. The standard InChI is InChI=1S/C19H11Cl2F3N4O3S/c1-7-5-11(19(22,23)24)28-16(25-7)13(21)14(27-28)17(29)26-8-3-4-9-10(6-8)32-15(12(9)20)18(30)31-2/h3-6H,1-2H3,(H,26,29). The van der Waals surface area contributed by atoms with E-state index in [9.17, 15) is 22.8 Å². The highest BCUT2D eigenvalue weighted by atomic mass is 35.5. The number of rotatable bonds is 3. The van der Waals surface area contributed by atoms with Gasteiger partial charge in [-0.25, -0.2) is 14.3 Å². The minimum atomic E-state index is -4.73. The van der Waals surface area contributed by atoms with E-state index in [4.69, 9.17) is 23.2 Å². The van der Waals surface area contributed by atoms with Crippen molar-refractivity contribution in [1.29, 1.82) is 0 Å². The summed E-state index contributed by atoms with van der Waals surface area (Å²) in [6.07, 6.45) is -4.73. The van der Waals surface area contributed by atoms with E-state index in [0.29, 0.717) is 20.3 Å². The third-order valence-corrected chi connectivity index (χ3v) is 6.41. The van der Waals surface area contributed by atoms with Gasteiger partial charge < -0.3 is 10.1 Å². The number of ether oxygens (including phenoxy) is 1. The van der Waals surface area contributed by atoms with E-state index in [0.717, 1.165) is 17.4 Å². The Kier molecular flexibility index (Phi) is 5.51. The van der Waals surface area contributed by atoms with E-state index in [1.165, 1.54) is 20.1 Å². The van der Waals surface area contributed by atoms with Crippen LogP contribution in [0.15, 0.2) is 24.3 Å². The van der Waals surface area contributed by atoms with E-state index in [-0.39, 0.29) is 26.3 Å². The molecule has 0 atom stereocenters. The summed E-state index contributed by atoms with van der Waals surface area (Å²) in [5.74, 6) is -1.43. The predicted octanol–water partition coefficient (Wildman–Crippen LogP) is 5.62. The first-order chi connectivity index (χ1) is 15.0. The Morgan fingerprint density at radius 2 is 1.91 bits per heavy atom. The van der Waals surface area contributed by atoms with Crippen molar-refractivity contribution in [2.24, 2.45) is 0 Å². The SMILES string of the molecule is COC(=O)c1sc2cc(NC(=O)c3nn4c(C(F)(F)F)cc(C)nc4c3Cl)ccc2c1Cl. The molecule has 0 radical (unpaired) electrons. The average molecular weight is 503 g/mol. The van der Waals surface area contributed by atoms with Crippen LogP contribution in [-0.4, -0.2) is 33.6 Å². The highest BCUT2D eigenvalue weighted by Gasteiger charge is 2.36. The molecule has 3 heterocycles. The van der Waals surface area contributed by atoms with Gasteiger partial charge in [-0.15, -0.1) is 11.3 Å². The number of amides is 1. The number of carbonyl (C=O) groups excluding carboxylic acids is 2. The number of anilines is 1. The Hall–Kier alpha value is -2.89. The van der Waals surface area contributed by atoms with Gasteiger partial charge in [0.05, 0.1) is 12.1 Å². The van der Waals surface area contributed by atoms with Crippen molar-refractivity contribution in [3.05, 3.63) is 56.3 Å². The molecule has 1 aromatic carbocycles. The predicted molar refractivity (Wildman–Crippen MR) is 114 cm³/mol. The molecule has 13 heteroatoms. The van der Waals surface area contributed by atoms with Crippen molar-refractivity contribution in [2.45, 2.75) is 13.1 Å². The molecule has 166 valence electrons. The normalized spacial score (nSPS) is 11.8. The van der Waals surface area contributed by atoms with Crippen LogP contribution in [0.25, 0.3) is 15.7 Å². The molecule has 0 unspecified atom stereocenters. The van der Waals surface area contributed by atoms with E-state index in [1.54, 1.807) is 12.1 Å². The van der Waals surface area contributed by atoms with Gasteiger partial charge in [0.2, 0.25) is 0 Å². The van der Waals surface area contributed by atoms with Gasteiger partial charge in [-0.05, 0) is 31.2 Å². The summed E-state index contributed by atoms with van der Waals surface area (Å²) in [6, 6.07) is 5.48. The number of alkyl halides is 3. The second-order valence-electron chi connectivity index (χ2n) is 6.58. The lowest BCUT2D eigenvalue weighted by molar-refractivity contribution is -0.142. The van der Waals surface area contributed by atoms with Crippen LogP contribution in [0.2, 0.25) is 10.0 Å². The van der Waals surface area contributed by atoms with Crippen LogP contribution < -0.4 is 5.32 Å². The molecule has 32 heavy (non-hydrogen) atoms. The second-order valence-corrected chi connectivity index (χ2v) is 8.39. The molecule has 0 saturated carbocycles. The molecule has 0 saturated heterocycles. The molecule has 4 rings (SSSR count). The molecule has 0 spiro atoms. The first-order valence-electron chi connectivity index (χ1n) is 8.76. The summed E-state index contributed by atoms with van der Waals surface area (Å²) < 4.78 is 45.9. The van der Waals surface area contributed by atoms with E-state index < -0.39 is 29.4 Å². The summed E-state index contributed by atoms with van der Waals surface area (Å²) in [4.78, 5) is 28.7. The molecule has 3 aromatic heterocycles. The van der Waals surface area contributed by atoms with Crippen molar-refractivity contribution < 1.29 is 27.5 Å². The highest BCUT2D eigenvalue weighted by molar-refractivity contribution is 7.21. The van der Waals surface area contributed by atoms with E-state index in [1.807, 2.05) is 0 Å². The molecule has 0 fully saturated rings. The number of carbonyl (C=O) groups is 2. The van der Waals surface area contributed by atoms with Crippen LogP contribution in [0.3, 0.4) is 0 Å². The number of fused-ring (bicyclic) bond motifs is 2. The summed E-state index contributed by atoms with van der Waals surface area (Å²) in [6.45, 7) is 1.38. The van der Waals surface area contributed by atoms with Crippen molar-refractivity contribution >= 4 is 67.8 Å². The maximum atomic E-state index is 13.4. The van der Waals surface area contributed by atoms with E-state index >= 15 is 0 Å². The minimum absolute atomic E-state index is 0.0695. The molecular formula is C19H11Cl2F3N4O3S. The van der Waals surface area contributed by atoms with Crippen LogP contribution in [0.5, 0.6) is 0 Å². The number of nitrogens with zero attached hydrogens (tertiary/aromatic N) is 3. The van der Waals surface area contributed by atoms with E-state index in [2.05, 4.69) is 20.1 Å². The maximum Gasteiger partial charge on any atom is 0.433 e. The number of aryl methyl sites for hydroxylation is 1. The lowest BCUT2D eigenvalue weighted by atomic mass is 10.2. The monoisotopic (exact) mass is 502 g/mol. The largest absolute Gasteiger partial charge is 0.465 e. The lowest BCUT2D eigenvalue weighted by Crippen LogP contribution is -2.15. The smallest absolute Gasteiger partial charge is 0.433 e. The fraction of sp³-hybridized carbons (Fsp3) is 0.158. The summed E-state index contributed by atoms with van der Waals surface area (Å²) in [5.41, 5.74) is -1.45. The number of hydrogen-bond acceptors (Lipinski definition) is 6. The van der Waals surface area contributed by atoms with Gasteiger partial charge in [0.15, 0.2) is 11.3 Å². The zero-order valence-electron chi connectivity index (χ0n) is 16.2. The molecule has 0 aliphatic rings. The minimum Gasteiger partial charge on any atom is -0.465 e. The number of benzene rings is 1. The maximum absolute atomic E-state index is 13.4. The van der Waals surface area contributed by atoms with Crippen LogP contribution in [0, 0.1) is 6.92 Å². The first-order valence-corrected chi connectivity index (χ1v) is 10.3. The Morgan fingerprint density at radius 1 is 1.19 bits per heavy atom. The first kappa shape index (κ1) is 22.3. The van der Waals surface area contributed by atoms with Gasteiger partial charge in [-0.2, -0.15) is 18.3 Å². The Balaban J connectivity index is 1.72. The van der Waals surface area contributed by atoms with Crippen LogP contribution in [0.4, 0.5) is 18.9 Å². The van der Waals surface area contributed by atoms with Gasteiger partial charge in [0.1, 0.15) is 15.6 Å². The van der Waals surface area contributed by atoms with Crippen molar-refractivity contribution in [1.82, 2.24) is 14.6 Å². The molecule has 0 bridgehead atoms. The molecule has 0 aliphatic carbocycles. The molecule has 0 aliphatic heterocycles. The molecule has 7 nitrogen and oxygen atoms in total. The van der Waals surface area contributed by atoms with Crippen LogP contribution in [-0.2, 0) is 10.9 Å². The van der Waals surface area contributed by atoms with Gasteiger partial charge in [0, 0.05) is 21.5 Å². The number of thiophene rings is 1. The highest BCUT2D eigenvalue weighted by Crippen LogP contribution is 2.37. The number of aromatic nitrogens is 3. The quantitative estimate of drug-likeness (QED) is 0.367. The van der Waals surface area contributed by atoms with Crippen molar-refractivity contribution in [3.8, 4) is 0 Å². The zero-order chi connectivity index (χ0) is 23.4. The zero-order valence-corrected chi connectivity index (χ0v) is 18.5. The van der Waals surface area contributed by atoms with Crippen LogP contribution >= 0.6 is 34.5 Å². The topological polar surface area (TPSA) is 85.6 Å². The molecule has 1 N–H and O–H groups in total. The van der Waals surface area contributed by atoms with Gasteiger partial charge in [-0.3, -0.25) is 4.79 Å². The molecule has 4 aromatic rings. The number of methoxy groups -OCH3 is 1. The number of esters is 1.